The van der Waals surface area contributed by atoms with Gasteiger partial charge in [-0.2, -0.15) is 5.10 Å². The van der Waals surface area contributed by atoms with Crippen LogP contribution in [0.4, 0.5) is 0 Å². The third kappa shape index (κ3) is 4.29. The number of halogens is 1. The van der Waals surface area contributed by atoms with Crippen molar-refractivity contribution < 1.29 is 4.79 Å². The van der Waals surface area contributed by atoms with Gasteiger partial charge in [0, 0.05) is 48.4 Å². The smallest absolute Gasteiger partial charge is 0.274 e. The van der Waals surface area contributed by atoms with E-state index in [-0.39, 0.29) is 5.91 Å². The van der Waals surface area contributed by atoms with Gasteiger partial charge in [-0.25, -0.2) is 0 Å². The van der Waals surface area contributed by atoms with Crippen LogP contribution in [0.3, 0.4) is 0 Å². The molecule has 1 aliphatic heterocycles. The second kappa shape index (κ2) is 8.97. The van der Waals surface area contributed by atoms with Crippen LogP contribution in [0.5, 0.6) is 0 Å². The van der Waals surface area contributed by atoms with Crippen molar-refractivity contribution in [2.75, 3.05) is 13.1 Å². The van der Waals surface area contributed by atoms with Crippen LogP contribution in [0, 0.1) is 0 Å². The first-order chi connectivity index (χ1) is 13.7. The van der Waals surface area contributed by atoms with E-state index >= 15 is 0 Å². The molecule has 0 radical (unpaired) electrons. The molecule has 7 heteroatoms. The van der Waals surface area contributed by atoms with Crippen molar-refractivity contribution in [2.24, 2.45) is 0 Å². The molecule has 1 atom stereocenters. The van der Waals surface area contributed by atoms with Crippen LogP contribution in [0.2, 0.25) is 4.34 Å². The third-order valence-electron chi connectivity index (χ3n) is 5.94. The molecule has 1 unspecified atom stereocenters. The van der Waals surface area contributed by atoms with E-state index in [1.54, 1.807) is 11.3 Å². The molecule has 28 heavy (non-hydrogen) atoms. The molecule has 152 valence electrons. The summed E-state index contributed by atoms with van der Waals surface area (Å²) in [6, 6.07) is 4.40. The standard InChI is InChI=1S/C21H29ClN4OS/c1-2-26-18-9-7-15(23-14-16-8-10-19(22)28-16)13-17(18)20(24-26)21(27)25-11-5-3-4-6-12-25/h8,10,15,23H,2-7,9,11-14H2,1H3. The van der Waals surface area contributed by atoms with Gasteiger partial charge in [-0.1, -0.05) is 24.4 Å². The summed E-state index contributed by atoms with van der Waals surface area (Å²) in [6.45, 7) is 5.50. The number of rotatable bonds is 5. The van der Waals surface area contributed by atoms with E-state index in [0.717, 1.165) is 62.6 Å². The van der Waals surface area contributed by atoms with Crippen molar-refractivity contribution in [1.29, 1.82) is 0 Å². The van der Waals surface area contributed by atoms with Crippen molar-refractivity contribution in [2.45, 2.75) is 71.0 Å². The lowest BCUT2D eigenvalue weighted by molar-refractivity contribution is 0.0753. The fourth-order valence-electron chi connectivity index (χ4n) is 4.41. The highest BCUT2D eigenvalue weighted by atomic mass is 35.5. The van der Waals surface area contributed by atoms with E-state index in [4.69, 9.17) is 16.7 Å². The van der Waals surface area contributed by atoms with Crippen LogP contribution in [-0.4, -0.2) is 39.7 Å². The Labute approximate surface area is 176 Å². The van der Waals surface area contributed by atoms with Gasteiger partial charge in [0.1, 0.15) is 0 Å². The lowest BCUT2D eigenvalue weighted by Gasteiger charge is -2.25. The average Bonchev–Trinajstić information content (AvgIpc) is 3.17. The Morgan fingerprint density at radius 2 is 2.07 bits per heavy atom. The minimum absolute atomic E-state index is 0.135. The van der Waals surface area contributed by atoms with Gasteiger partial charge >= 0.3 is 0 Å². The molecule has 3 heterocycles. The molecule has 0 aromatic carbocycles. The normalized spacial score (nSPS) is 20.1. The Kier molecular flexibility index (Phi) is 6.38. The summed E-state index contributed by atoms with van der Waals surface area (Å²) in [5.74, 6) is 0.135. The number of thiophene rings is 1. The summed E-state index contributed by atoms with van der Waals surface area (Å²) in [5, 5.41) is 8.42. The molecule has 1 amide bonds. The van der Waals surface area contributed by atoms with E-state index in [1.807, 2.05) is 11.0 Å². The van der Waals surface area contributed by atoms with Gasteiger partial charge in [0.25, 0.3) is 5.91 Å². The molecule has 0 spiro atoms. The minimum atomic E-state index is 0.135. The van der Waals surface area contributed by atoms with Crippen molar-refractivity contribution in [3.63, 3.8) is 0 Å². The van der Waals surface area contributed by atoms with E-state index in [2.05, 4.69) is 23.0 Å². The maximum Gasteiger partial charge on any atom is 0.274 e. The number of likely N-dealkylation sites (tertiary alicyclic amines) is 1. The summed E-state index contributed by atoms with van der Waals surface area (Å²) < 4.78 is 2.88. The molecule has 4 rings (SSSR count). The molecule has 1 fully saturated rings. The second-order valence-corrected chi connectivity index (χ2v) is 9.62. The van der Waals surface area contributed by atoms with Gasteiger partial charge < -0.3 is 10.2 Å². The number of aryl methyl sites for hydroxylation is 1. The zero-order valence-corrected chi connectivity index (χ0v) is 18.1. The zero-order valence-electron chi connectivity index (χ0n) is 16.5. The lowest BCUT2D eigenvalue weighted by Crippen LogP contribution is -2.36. The third-order valence-corrected chi connectivity index (χ3v) is 7.17. The van der Waals surface area contributed by atoms with Crippen molar-refractivity contribution in [3.05, 3.63) is 38.3 Å². The Hall–Kier alpha value is -1.37. The van der Waals surface area contributed by atoms with Crippen LogP contribution < -0.4 is 5.32 Å². The highest BCUT2D eigenvalue weighted by molar-refractivity contribution is 7.16. The second-order valence-electron chi connectivity index (χ2n) is 7.82. The maximum atomic E-state index is 13.3. The van der Waals surface area contributed by atoms with E-state index in [1.165, 1.54) is 29.0 Å². The van der Waals surface area contributed by atoms with Gasteiger partial charge in [0.2, 0.25) is 0 Å². The van der Waals surface area contributed by atoms with Crippen molar-refractivity contribution in [1.82, 2.24) is 20.0 Å². The number of aromatic nitrogens is 2. The molecule has 2 aliphatic rings. The highest BCUT2D eigenvalue weighted by Crippen LogP contribution is 2.27. The van der Waals surface area contributed by atoms with E-state index in [0.29, 0.717) is 11.7 Å². The fourth-order valence-corrected chi connectivity index (χ4v) is 5.45. The molecular weight excluding hydrogens is 392 g/mol. The van der Waals surface area contributed by atoms with Crippen LogP contribution in [0.1, 0.15) is 65.7 Å². The number of fused-ring (bicyclic) bond motifs is 1. The number of nitrogens with zero attached hydrogens (tertiary/aromatic N) is 3. The van der Waals surface area contributed by atoms with Gasteiger partial charge in [-0.3, -0.25) is 9.48 Å². The quantitative estimate of drug-likeness (QED) is 0.785. The number of carbonyl (C=O) groups is 1. The Balaban J connectivity index is 1.50. The monoisotopic (exact) mass is 420 g/mol. The van der Waals surface area contributed by atoms with E-state index in [9.17, 15) is 4.79 Å². The van der Waals surface area contributed by atoms with Gasteiger partial charge in [-0.05, 0) is 51.2 Å². The lowest BCUT2D eigenvalue weighted by atomic mass is 9.91. The Morgan fingerprint density at radius 1 is 1.29 bits per heavy atom. The SMILES string of the molecule is CCn1nc(C(=O)N2CCCCCC2)c2c1CCC(NCc1ccc(Cl)s1)C2. The molecule has 1 aliphatic carbocycles. The van der Waals surface area contributed by atoms with Crippen LogP contribution in [0.25, 0.3) is 0 Å². The summed E-state index contributed by atoms with van der Waals surface area (Å²) in [6.07, 6.45) is 7.60. The van der Waals surface area contributed by atoms with E-state index < -0.39 is 0 Å². The molecule has 1 N–H and O–H groups in total. The molecule has 2 aromatic heterocycles. The molecule has 0 saturated carbocycles. The van der Waals surface area contributed by atoms with Gasteiger partial charge in [0.15, 0.2) is 5.69 Å². The molecule has 5 nitrogen and oxygen atoms in total. The van der Waals surface area contributed by atoms with Crippen molar-refractivity contribution in [3.8, 4) is 0 Å². The Bertz CT molecular complexity index is 822. The number of amides is 1. The minimum Gasteiger partial charge on any atom is -0.337 e. The van der Waals surface area contributed by atoms with Gasteiger partial charge in [-0.15, -0.1) is 11.3 Å². The molecule has 1 saturated heterocycles. The number of nitrogens with one attached hydrogen (secondary N) is 1. The number of hydrogen-bond acceptors (Lipinski definition) is 4. The Morgan fingerprint density at radius 3 is 2.75 bits per heavy atom. The first-order valence-corrected chi connectivity index (χ1v) is 11.7. The van der Waals surface area contributed by atoms with Crippen LogP contribution >= 0.6 is 22.9 Å². The van der Waals surface area contributed by atoms with Crippen LogP contribution in [0.15, 0.2) is 12.1 Å². The number of carbonyl (C=O) groups excluding carboxylic acids is 1. The molecule has 2 aromatic rings. The predicted octanol–water partition coefficient (Wildman–Crippen LogP) is 4.28. The van der Waals surface area contributed by atoms with Crippen LogP contribution in [-0.2, 0) is 25.9 Å². The number of hydrogen-bond donors (Lipinski definition) is 1. The van der Waals surface area contributed by atoms with Gasteiger partial charge in [0.05, 0.1) is 4.34 Å². The maximum absolute atomic E-state index is 13.3. The topological polar surface area (TPSA) is 50.2 Å². The summed E-state index contributed by atoms with van der Waals surface area (Å²) in [7, 11) is 0. The predicted molar refractivity (Wildman–Crippen MR) is 114 cm³/mol. The summed E-state index contributed by atoms with van der Waals surface area (Å²) in [5.41, 5.74) is 3.13. The first kappa shape index (κ1) is 19.9. The van der Waals surface area contributed by atoms with Crippen molar-refractivity contribution >= 4 is 28.8 Å². The fraction of sp³-hybridized carbons (Fsp3) is 0.619. The zero-order chi connectivity index (χ0) is 19.5. The summed E-state index contributed by atoms with van der Waals surface area (Å²) >= 11 is 7.67. The summed E-state index contributed by atoms with van der Waals surface area (Å²) in [4.78, 5) is 16.5. The first-order valence-electron chi connectivity index (χ1n) is 10.5. The average molecular weight is 421 g/mol. The highest BCUT2D eigenvalue weighted by Gasteiger charge is 2.31. The molecular formula is C21H29ClN4OS. The largest absolute Gasteiger partial charge is 0.337 e. The molecule has 0 bridgehead atoms.